The van der Waals surface area contributed by atoms with Crippen molar-refractivity contribution < 1.29 is 14.3 Å². The van der Waals surface area contributed by atoms with Gasteiger partial charge < -0.3 is 19.2 Å². The van der Waals surface area contributed by atoms with Gasteiger partial charge in [0.2, 0.25) is 11.8 Å². The first-order valence-electron chi connectivity index (χ1n) is 9.12. The Balaban J connectivity index is 1.39. The summed E-state index contributed by atoms with van der Waals surface area (Å²) in [5.74, 6) is 1.46. The topological polar surface area (TPSA) is 77.8 Å². The molecule has 0 saturated carbocycles. The van der Waals surface area contributed by atoms with Gasteiger partial charge in [-0.1, -0.05) is 12.1 Å². The van der Waals surface area contributed by atoms with Crippen molar-refractivity contribution in [3.05, 3.63) is 78.4 Å². The van der Waals surface area contributed by atoms with Gasteiger partial charge in [0.25, 0.3) is 0 Å². The van der Waals surface area contributed by atoms with Crippen LogP contribution in [0.5, 0.6) is 17.4 Å². The van der Waals surface area contributed by atoms with E-state index in [0.717, 1.165) is 11.2 Å². The molecule has 0 fully saturated rings. The number of carbonyl (C=O) groups excluding carboxylic acids is 1. The minimum atomic E-state index is -0.163. The molecule has 0 unspecified atom stereocenters. The first-order chi connectivity index (χ1) is 14.1. The van der Waals surface area contributed by atoms with E-state index in [4.69, 9.17) is 9.47 Å². The van der Waals surface area contributed by atoms with E-state index in [-0.39, 0.29) is 12.3 Å². The molecule has 29 heavy (non-hydrogen) atoms. The summed E-state index contributed by atoms with van der Waals surface area (Å²) >= 11 is 0. The summed E-state index contributed by atoms with van der Waals surface area (Å²) in [6, 6.07) is 14.8. The molecule has 1 aromatic carbocycles. The van der Waals surface area contributed by atoms with Crippen molar-refractivity contribution in [1.82, 2.24) is 14.4 Å². The van der Waals surface area contributed by atoms with Crippen LogP contribution in [0.25, 0.3) is 5.65 Å². The standard InChI is InChI=1S/C22H20N4O3/c1-15-6-8-18(19(11-15)28-2)29-22-9-7-16(13-23-22)25-21(27)12-17-14-26-10-4-3-5-20(26)24-17/h3-11,13-14H,12H2,1-2H3,(H,25,27). The van der Waals surface area contributed by atoms with Crippen molar-refractivity contribution in [2.75, 3.05) is 12.4 Å². The van der Waals surface area contributed by atoms with E-state index in [1.165, 1.54) is 0 Å². The lowest BCUT2D eigenvalue weighted by molar-refractivity contribution is -0.115. The van der Waals surface area contributed by atoms with Crippen molar-refractivity contribution in [2.24, 2.45) is 0 Å². The monoisotopic (exact) mass is 388 g/mol. The number of benzene rings is 1. The number of imidazole rings is 1. The lowest BCUT2D eigenvalue weighted by atomic mass is 10.2. The van der Waals surface area contributed by atoms with Crippen molar-refractivity contribution in [3.8, 4) is 17.4 Å². The molecule has 3 heterocycles. The Bertz CT molecular complexity index is 1120. The number of nitrogens with zero attached hydrogens (tertiary/aromatic N) is 3. The lowest BCUT2D eigenvalue weighted by Crippen LogP contribution is -2.14. The second kappa shape index (κ2) is 8.02. The molecule has 0 spiro atoms. The SMILES string of the molecule is COc1cc(C)ccc1Oc1ccc(NC(=O)Cc2cn3ccccc3n2)cn1. The number of anilines is 1. The van der Waals surface area contributed by atoms with Crippen LogP contribution in [-0.4, -0.2) is 27.4 Å². The van der Waals surface area contributed by atoms with E-state index in [2.05, 4.69) is 15.3 Å². The van der Waals surface area contributed by atoms with Gasteiger partial charge in [-0.2, -0.15) is 0 Å². The van der Waals surface area contributed by atoms with Crippen LogP contribution in [0.4, 0.5) is 5.69 Å². The number of amides is 1. The van der Waals surface area contributed by atoms with Crippen LogP contribution in [0, 0.1) is 6.92 Å². The predicted octanol–water partition coefficient (Wildman–Crippen LogP) is 4.02. The molecule has 3 aromatic heterocycles. The van der Waals surface area contributed by atoms with Crippen molar-refractivity contribution in [3.63, 3.8) is 0 Å². The van der Waals surface area contributed by atoms with Gasteiger partial charge in [0, 0.05) is 18.5 Å². The number of nitrogens with one attached hydrogen (secondary N) is 1. The normalized spacial score (nSPS) is 10.7. The third-order valence-electron chi connectivity index (χ3n) is 4.31. The van der Waals surface area contributed by atoms with Crippen LogP contribution in [-0.2, 0) is 11.2 Å². The summed E-state index contributed by atoms with van der Waals surface area (Å²) < 4.78 is 13.0. The van der Waals surface area contributed by atoms with E-state index < -0.39 is 0 Å². The van der Waals surface area contributed by atoms with Gasteiger partial charge in [0.15, 0.2) is 11.5 Å². The molecule has 146 valence electrons. The van der Waals surface area contributed by atoms with E-state index in [9.17, 15) is 4.79 Å². The molecule has 0 atom stereocenters. The van der Waals surface area contributed by atoms with Crippen LogP contribution in [0.2, 0.25) is 0 Å². The summed E-state index contributed by atoms with van der Waals surface area (Å²) in [5, 5.41) is 2.82. The summed E-state index contributed by atoms with van der Waals surface area (Å²) in [5.41, 5.74) is 3.17. The third-order valence-corrected chi connectivity index (χ3v) is 4.31. The molecule has 1 amide bonds. The van der Waals surface area contributed by atoms with E-state index in [0.29, 0.717) is 28.8 Å². The van der Waals surface area contributed by atoms with E-state index in [1.54, 1.807) is 25.4 Å². The molecular weight excluding hydrogens is 368 g/mol. The largest absolute Gasteiger partial charge is 0.493 e. The summed E-state index contributed by atoms with van der Waals surface area (Å²) in [6.45, 7) is 1.98. The second-order valence-corrected chi connectivity index (χ2v) is 6.56. The number of methoxy groups -OCH3 is 1. The summed E-state index contributed by atoms with van der Waals surface area (Å²) in [4.78, 5) is 21.0. The van der Waals surface area contributed by atoms with Gasteiger partial charge in [-0.25, -0.2) is 9.97 Å². The summed E-state index contributed by atoms with van der Waals surface area (Å²) in [7, 11) is 1.59. The molecule has 0 bridgehead atoms. The van der Waals surface area contributed by atoms with Crippen LogP contribution < -0.4 is 14.8 Å². The third kappa shape index (κ3) is 4.35. The Morgan fingerprint density at radius 3 is 2.79 bits per heavy atom. The Morgan fingerprint density at radius 1 is 1.14 bits per heavy atom. The van der Waals surface area contributed by atoms with Gasteiger partial charge in [0.1, 0.15) is 5.65 Å². The number of rotatable bonds is 6. The lowest BCUT2D eigenvalue weighted by Gasteiger charge is -2.10. The molecule has 7 heteroatoms. The minimum absolute atomic E-state index is 0.163. The minimum Gasteiger partial charge on any atom is -0.493 e. The van der Waals surface area contributed by atoms with E-state index in [1.807, 2.05) is 60.1 Å². The Labute approximate surface area is 168 Å². The molecule has 1 N–H and O–H groups in total. The van der Waals surface area contributed by atoms with Crippen LogP contribution in [0.15, 0.2) is 67.1 Å². The number of hydrogen-bond acceptors (Lipinski definition) is 5. The fraction of sp³-hybridized carbons (Fsp3) is 0.136. The van der Waals surface area contributed by atoms with Gasteiger partial charge in [-0.15, -0.1) is 0 Å². The number of hydrogen-bond donors (Lipinski definition) is 1. The molecule has 0 aliphatic heterocycles. The number of aryl methyl sites for hydroxylation is 1. The smallest absolute Gasteiger partial charge is 0.230 e. The number of ether oxygens (including phenoxy) is 2. The number of pyridine rings is 2. The Hall–Kier alpha value is -3.87. The molecule has 4 rings (SSSR count). The predicted molar refractivity (Wildman–Crippen MR) is 110 cm³/mol. The maximum Gasteiger partial charge on any atom is 0.230 e. The average molecular weight is 388 g/mol. The highest BCUT2D eigenvalue weighted by Gasteiger charge is 2.10. The highest BCUT2D eigenvalue weighted by atomic mass is 16.5. The second-order valence-electron chi connectivity index (χ2n) is 6.56. The molecule has 0 aliphatic rings. The maximum atomic E-state index is 12.3. The Morgan fingerprint density at radius 2 is 2.03 bits per heavy atom. The first-order valence-corrected chi connectivity index (χ1v) is 9.12. The molecule has 0 aliphatic carbocycles. The number of aromatic nitrogens is 3. The zero-order valence-corrected chi connectivity index (χ0v) is 16.1. The van der Waals surface area contributed by atoms with Crippen molar-refractivity contribution in [1.29, 1.82) is 0 Å². The maximum absolute atomic E-state index is 12.3. The van der Waals surface area contributed by atoms with Gasteiger partial charge in [-0.05, 0) is 42.8 Å². The van der Waals surface area contributed by atoms with E-state index >= 15 is 0 Å². The van der Waals surface area contributed by atoms with Gasteiger partial charge in [0.05, 0.1) is 31.1 Å². The molecular formula is C22H20N4O3. The fourth-order valence-corrected chi connectivity index (χ4v) is 2.93. The Kier molecular flexibility index (Phi) is 5.11. The molecule has 0 saturated heterocycles. The summed E-state index contributed by atoms with van der Waals surface area (Å²) in [6.07, 6.45) is 5.48. The van der Waals surface area contributed by atoms with Crippen molar-refractivity contribution >= 4 is 17.2 Å². The average Bonchev–Trinajstić information content (AvgIpc) is 3.12. The quantitative estimate of drug-likeness (QED) is 0.540. The van der Waals surface area contributed by atoms with Gasteiger partial charge in [-0.3, -0.25) is 4.79 Å². The number of fused-ring (bicyclic) bond motifs is 1. The van der Waals surface area contributed by atoms with Crippen LogP contribution in [0.3, 0.4) is 0 Å². The first kappa shape index (κ1) is 18.5. The van der Waals surface area contributed by atoms with Crippen LogP contribution in [0.1, 0.15) is 11.3 Å². The van der Waals surface area contributed by atoms with Gasteiger partial charge >= 0.3 is 0 Å². The number of carbonyl (C=O) groups is 1. The molecule has 4 aromatic rings. The highest BCUT2D eigenvalue weighted by Crippen LogP contribution is 2.31. The highest BCUT2D eigenvalue weighted by molar-refractivity contribution is 5.91. The zero-order chi connectivity index (χ0) is 20.2. The van der Waals surface area contributed by atoms with Crippen LogP contribution >= 0.6 is 0 Å². The fourth-order valence-electron chi connectivity index (χ4n) is 2.93. The molecule has 7 nitrogen and oxygen atoms in total. The zero-order valence-electron chi connectivity index (χ0n) is 16.1. The van der Waals surface area contributed by atoms with Crippen molar-refractivity contribution in [2.45, 2.75) is 13.3 Å². The molecule has 0 radical (unpaired) electrons.